The molecule has 0 heterocycles. The first kappa shape index (κ1) is 21.1. The van der Waals surface area contributed by atoms with Gasteiger partial charge in [-0.2, -0.15) is 0 Å². The van der Waals surface area contributed by atoms with Crippen LogP contribution >= 0.6 is 23.2 Å². The zero-order chi connectivity index (χ0) is 19.6. The number of anilines is 1. The topological polar surface area (TPSA) is 67.4 Å². The number of halogens is 2. The van der Waals surface area contributed by atoms with Crippen molar-refractivity contribution < 1.29 is 14.3 Å². The summed E-state index contributed by atoms with van der Waals surface area (Å²) in [5, 5.41) is 5.45. The summed E-state index contributed by atoms with van der Waals surface area (Å²) in [6, 6.07) is 10.7. The molecule has 0 atom stereocenters. The third-order valence-corrected chi connectivity index (χ3v) is 4.42. The van der Waals surface area contributed by atoms with E-state index in [1.807, 2.05) is 0 Å². The first-order chi connectivity index (χ1) is 13.0. The standard InChI is InChI=1S/C20H22Cl2N2O3/c1-2-3-4-7-12-27-18-11-10-14(13-17(18)22)23-20(26)24-19(25)15-8-5-6-9-16(15)21/h5-6,8-11,13H,2-4,7,12H2,1H3,(H2,23,24,25,26). The molecule has 0 aliphatic heterocycles. The van der Waals surface area contributed by atoms with E-state index >= 15 is 0 Å². The molecule has 0 aliphatic carbocycles. The highest BCUT2D eigenvalue weighted by Crippen LogP contribution is 2.28. The first-order valence-corrected chi connectivity index (χ1v) is 9.56. The fourth-order valence-electron chi connectivity index (χ4n) is 2.38. The maximum Gasteiger partial charge on any atom is 0.326 e. The van der Waals surface area contributed by atoms with E-state index < -0.39 is 11.9 Å². The highest BCUT2D eigenvalue weighted by atomic mass is 35.5. The zero-order valence-corrected chi connectivity index (χ0v) is 16.6. The second-order valence-electron chi connectivity index (χ2n) is 5.94. The van der Waals surface area contributed by atoms with Crippen LogP contribution in [0.3, 0.4) is 0 Å². The van der Waals surface area contributed by atoms with Crippen molar-refractivity contribution >= 4 is 40.8 Å². The van der Waals surface area contributed by atoms with Crippen LogP contribution in [-0.2, 0) is 0 Å². The molecule has 0 aliphatic rings. The van der Waals surface area contributed by atoms with Crippen LogP contribution in [0.25, 0.3) is 0 Å². The number of unbranched alkanes of at least 4 members (excludes halogenated alkanes) is 3. The van der Waals surface area contributed by atoms with Crippen LogP contribution in [0.5, 0.6) is 5.75 Å². The molecule has 0 radical (unpaired) electrons. The molecule has 0 unspecified atom stereocenters. The van der Waals surface area contributed by atoms with Gasteiger partial charge in [0.2, 0.25) is 0 Å². The van der Waals surface area contributed by atoms with Gasteiger partial charge in [-0.15, -0.1) is 0 Å². The number of hydrogen-bond donors (Lipinski definition) is 2. The van der Waals surface area contributed by atoms with Crippen LogP contribution in [0.2, 0.25) is 10.0 Å². The molecule has 0 bridgehead atoms. The van der Waals surface area contributed by atoms with Crippen molar-refractivity contribution in [2.45, 2.75) is 32.6 Å². The van der Waals surface area contributed by atoms with Crippen molar-refractivity contribution in [2.75, 3.05) is 11.9 Å². The number of nitrogens with one attached hydrogen (secondary N) is 2. The monoisotopic (exact) mass is 408 g/mol. The molecule has 5 nitrogen and oxygen atoms in total. The lowest BCUT2D eigenvalue weighted by Gasteiger charge is -2.11. The number of urea groups is 1. The van der Waals surface area contributed by atoms with E-state index in [1.54, 1.807) is 36.4 Å². The number of carbonyl (C=O) groups excluding carboxylic acids is 2. The van der Waals surface area contributed by atoms with Gasteiger partial charge in [0.05, 0.1) is 22.2 Å². The molecule has 0 spiro atoms. The molecule has 2 aromatic carbocycles. The van der Waals surface area contributed by atoms with Gasteiger partial charge >= 0.3 is 6.03 Å². The van der Waals surface area contributed by atoms with Gasteiger partial charge in [-0.1, -0.05) is 61.5 Å². The smallest absolute Gasteiger partial charge is 0.326 e. The van der Waals surface area contributed by atoms with E-state index in [0.717, 1.165) is 12.8 Å². The highest BCUT2D eigenvalue weighted by molar-refractivity contribution is 6.34. The van der Waals surface area contributed by atoms with Gasteiger partial charge < -0.3 is 10.1 Å². The number of benzene rings is 2. The molecule has 0 saturated carbocycles. The molecule has 27 heavy (non-hydrogen) atoms. The van der Waals surface area contributed by atoms with E-state index in [9.17, 15) is 9.59 Å². The van der Waals surface area contributed by atoms with Crippen molar-refractivity contribution in [1.82, 2.24) is 5.32 Å². The average molecular weight is 409 g/mol. The minimum atomic E-state index is -0.677. The molecule has 3 amide bonds. The SMILES string of the molecule is CCCCCCOc1ccc(NC(=O)NC(=O)c2ccccc2Cl)cc1Cl. The molecule has 0 saturated heterocycles. The predicted octanol–water partition coefficient (Wildman–Crippen LogP) is 5.91. The summed E-state index contributed by atoms with van der Waals surface area (Å²) in [6.45, 7) is 2.75. The van der Waals surface area contributed by atoms with Gasteiger partial charge in [-0.25, -0.2) is 4.79 Å². The van der Waals surface area contributed by atoms with Crippen LogP contribution in [-0.4, -0.2) is 18.5 Å². The van der Waals surface area contributed by atoms with Crippen LogP contribution < -0.4 is 15.4 Å². The summed E-state index contributed by atoms with van der Waals surface area (Å²) >= 11 is 12.1. The third-order valence-electron chi connectivity index (χ3n) is 3.79. The van der Waals surface area contributed by atoms with Crippen LogP contribution in [0.1, 0.15) is 43.0 Å². The van der Waals surface area contributed by atoms with Gasteiger partial charge in [-0.05, 0) is 36.8 Å². The Kier molecular flexibility index (Phi) is 8.43. The number of imide groups is 1. The lowest BCUT2D eigenvalue weighted by molar-refractivity contribution is 0.0967. The third kappa shape index (κ3) is 6.77. The Labute approximate surface area is 169 Å². The van der Waals surface area contributed by atoms with Gasteiger partial charge in [0.15, 0.2) is 0 Å². The minimum Gasteiger partial charge on any atom is -0.492 e. The quantitative estimate of drug-likeness (QED) is 0.533. The minimum absolute atomic E-state index is 0.221. The van der Waals surface area contributed by atoms with E-state index in [1.165, 1.54) is 18.9 Å². The van der Waals surface area contributed by atoms with Crippen molar-refractivity contribution in [2.24, 2.45) is 0 Å². The second-order valence-corrected chi connectivity index (χ2v) is 6.76. The van der Waals surface area contributed by atoms with Crippen LogP contribution in [0.15, 0.2) is 42.5 Å². The number of rotatable bonds is 8. The maximum atomic E-state index is 12.1. The van der Waals surface area contributed by atoms with Gasteiger partial charge in [0.25, 0.3) is 5.91 Å². The fourth-order valence-corrected chi connectivity index (χ4v) is 2.84. The Bertz CT molecular complexity index is 797. The first-order valence-electron chi connectivity index (χ1n) is 8.80. The van der Waals surface area contributed by atoms with Crippen molar-refractivity contribution in [3.05, 3.63) is 58.1 Å². The Hall–Kier alpha value is -2.24. The van der Waals surface area contributed by atoms with Gasteiger partial charge in [0, 0.05) is 5.69 Å². The number of ether oxygens (including phenoxy) is 1. The zero-order valence-electron chi connectivity index (χ0n) is 15.1. The maximum absolute atomic E-state index is 12.1. The van der Waals surface area contributed by atoms with Crippen LogP contribution in [0, 0.1) is 0 Å². The van der Waals surface area contributed by atoms with Crippen LogP contribution in [0.4, 0.5) is 10.5 Å². The largest absolute Gasteiger partial charge is 0.492 e. The van der Waals surface area contributed by atoms with Crippen molar-refractivity contribution in [3.8, 4) is 5.75 Å². The summed E-state index contributed by atoms with van der Waals surface area (Å²) in [4.78, 5) is 24.1. The summed E-state index contributed by atoms with van der Waals surface area (Å²) in [5.41, 5.74) is 0.668. The molecule has 0 aromatic heterocycles. The van der Waals surface area contributed by atoms with Gasteiger partial charge in [-0.3, -0.25) is 10.1 Å². The van der Waals surface area contributed by atoms with Crippen molar-refractivity contribution in [3.63, 3.8) is 0 Å². The predicted molar refractivity (Wildman–Crippen MR) is 109 cm³/mol. The normalized spacial score (nSPS) is 10.3. The number of amides is 3. The fraction of sp³-hybridized carbons (Fsp3) is 0.300. The molecule has 144 valence electrons. The Morgan fingerprint density at radius 1 is 1.00 bits per heavy atom. The molecule has 2 rings (SSSR count). The van der Waals surface area contributed by atoms with E-state index in [2.05, 4.69) is 17.6 Å². The Morgan fingerprint density at radius 2 is 1.78 bits per heavy atom. The van der Waals surface area contributed by atoms with Crippen molar-refractivity contribution in [1.29, 1.82) is 0 Å². The number of carbonyl (C=O) groups is 2. The Balaban J connectivity index is 1.87. The molecular formula is C20H22Cl2N2O3. The molecule has 2 N–H and O–H groups in total. The summed E-state index contributed by atoms with van der Waals surface area (Å²) in [6.07, 6.45) is 4.44. The average Bonchev–Trinajstić information content (AvgIpc) is 2.63. The second kappa shape index (κ2) is 10.8. The summed E-state index contributed by atoms with van der Waals surface area (Å²) in [7, 11) is 0. The van der Waals surface area contributed by atoms with E-state index in [4.69, 9.17) is 27.9 Å². The lowest BCUT2D eigenvalue weighted by atomic mass is 10.2. The Morgan fingerprint density at radius 3 is 2.48 bits per heavy atom. The summed E-state index contributed by atoms with van der Waals surface area (Å²) < 4.78 is 5.65. The number of hydrogen-bond acceptors (Lipinski definition) is 3. The molecule has 7 heteroatoms. The van der Waals surface area contributed by atoms with E-state index in [0.29, 0.717) is 23.1 Å². The van der Waals surface area contributed by atoms with Gasteiger partial charge in [0.1, 0.15) is 5.75 Å². The molecular weight excluding hydrogens is 387 g/mol. The highest BCUT2D eigenvalue weighted by Gasteiger charge is 2.13. The lowest BCUT2D eigenvalue weighted by Crippen LogP contribution is -2.34. The van der Waals surface area contributed by atoms with E-state index in [-0.39, 0.29) is 10.6 Å². The molecule has 2 aromatic rings. The summed E-state index contributed by atoms with van der Waals surface area (Å²) in [5.74, 6) is -0.0255. The molecule has 0 fully saturated rings.